The molecule has 1 fully saturated rings. The largest absolute Gasteiger partial charge is 0.309 e. The molecule has 1 aliphatic rings. The number of aromatic amines is 1. The molecule has 3 rings (SSSR count). The quantitative estimate of drug-likeness (QED) is 0.684. The van der Waals surface area contributed by atoms with Crippen molar-refractivity contribution in [3.63, 3.8) is 0 Å². The van der Waals surface area contributed by atoms with Gasteiger partial charge >= 0.3 is 0 Å². The summed E-state index contributed by atoms with van der Waals surface area (Å²) in [4.78, 5) is 1.13. The predicted octanol–water partition coefficient (Wildman–Crippen LogP) is 0.553. The monoisotopic (exact) mass is 328 g/mol. The van der Waals surface area contributed by atoms with E-state index in [0.29, 0.717) is 23.3 Å². The minimum atomic E-state index is -3.60. The van der Waals surface area contributed by atoms with Crippen molar-refractivity contribution in [1.29, 1.82) is 0 Å². The topological polar surface area (TPSA) is 113 Å². The van der Waals surface area contributed by atoms with E-state index in [1.807, 2.05) is 0 Å². The molecular weight excluding hydrogens is 312 g/mol. The molecule has 0 spiro atoms. The third-order valence-electron chi connectivity index (χ3n) is 3.20. The average Bonchev–Trinajstić information content (AvgIpc) is 2.95. The van der Waals surface area contributed by atoms with Gasteiger partial charge in [0.15, 0.2) is 5.82 Å². The summed E-state index contributed by atoms with van der Waals surface area (Å²) in [5, 5.41) is 18.4. The number of hydrogen-bond donors (Lipinski definition) is 3. The van der Waals surface area contributed by atoms with Crippen molar-refractivity contribution in [3.8, 4) is 0 Å². The fourth-order valence-electron chi connectivity index (χ4n) is 1.92. The molecule has 1 aliphatic carbocycles. The molecule has 2 heterocycles. The normalized spacial score (nSPS) is 17.0. The van der Waals surface area contributed by atoms with E-state index in [1.54, 1.807) is 18.4 Å². The lowest BCUT2D eigenvalue weighted by molar-refractivity contribution is 0.558. The standard InChI is InChI=1S/C11H16N6O2S2/c1-7(11-13-16-17-14-11)15-21(18,19)10-4-5-20-9(10)6-12-8-2-3-8/h4-5,7-8,12,15H,2-3,6H2,1H3,(H,13,14,16,17). The lowest BCUT2D eigenvalue weighted by Gasteiger charge is -2.11. The molecule has 114 valence electrons. The molecule has 1 saturated carbocycles. The summed E-state index contributed by atoms with van der Waals surface area (Å²) in [5.41, 5.74) is 0. The third-order valence-corrected chi connectivity index (χ3v) is 5.88. The number of nitrogens with zero attached hydrogens (tertiary/aromatic N) is 3. The van der Waals surface area contributed by atoms with Crippen molar-refractivity contribution in [2.45, 2.75) is 43.3 Å². The first kappa shape index (κ1) is 14.6. The summed E-state index contributed by atoms with van der Waals surface area (Å²) >= 11 is 1.44. The fraction of sp³-hybridized carbons (Fsp3) is 0.545. The Morgan fingerprint density at radius 3 is 3.00 bits per heavy atom. The maximum absolute atomic E-state index is 12.5. The Hall–Kier alpha value is -1.36. The number of hydrogen-bond acceptors (Lipinski definition) is 7. The first-order valence-electron chi connectivity index (χ1n) is 6.61. The summed E-state index contributed by atoms with van der Waals surface area (Å²) in [7, 11) is -3.60. The fourth-order valence-corrected chi connectivity index (χ4v) is 4.52. The van der Waals surface area contributed by atoms with Crippen LogP contribution >= 0.6 is 11.3 Å². The van der Waals surface area contributed by atoms with E-state index in [2.05, 4.69) is 30.7 Å². The van der Waals surface area contributed by atoms with Crippen molar-refractivity contribution in [2.24, 2.45) is 0 Å². The van der Waals surface area contributed by atoms with Gasteiger partial charge in [-0.25, -0.2) is 13.1 Å². The van der Waals surface area contributed by atoms with Crippen molar-refractivity contribution in [3.05, 3.63) is 22.1 Å². The zero-order valence-corrected chi connectivity index (χ0v) is 13.0. The molecule has 1 atom stereocenters. The zero-order valence-electron chi connectivity index (χ0n) is 11.4. The molecule has 21 heavy (non-hydrogen) atoms. The molecule has 0 aliphatic heterocycles. The number of aromatic nitrogens is 4. The smallest absolute Gasteiger partial charge is 0.242 e. The first-order chi connectivity index (χ1) is 10.1. The second-order valence-electron chi connectivity index (χ2n) is 4.98. The maximum atomic E-state index is 12.5. The number of tetrazole rings is 1. The molecule has 0 radical (unpaired) electrons. The summed E-state index contributed by atoms with van der Waals surface area (Å²) in [5.74, 6) is 0.312. The Bertz CT molecular complexity index is 692. The maximum Gasteiger partial charge on any atom is 0.242 e. The van der Waals surface area contributed by atoms with Crippen LogP contribution in [0.25, 0.3) is 0 Å². The second kappa shape index (κ2) is 5.79. The predicted molar refractivity (Wildman–Crippen MR) is 77.1 cm³/mol. The molecule has 0 amide bonds. The SMILES string of the molecule is CC(NS(=O)(=O)c1ccsc1CNC1CC1)c1nn[nH]n1. The molecule has 0 saturated heterocycles. The summed E-state index contributed by atoms with van der Waals surface area (Å²) < 4.78 is 27.5. The summed E-state index contributed by atoms with van der Waals surface area (Å²) in [6, 6.07) is 1.62. The van der Waals surface area contributed by atoms with Crippen molar-refractivity contribution < 1.29 is 8.42 Å². The van der Waals surface area contributed by atoms with Crippen molar-refractivity contribution >= 4 is 21.4 Å². The van der Waals surface area contributed by atoms with Crippen LogP contribution in [0.5, 0.6) is 0 Å². The molecule has 1 unspecified atom stereocenters. The van der Waals surface area contributed by atoms with E-state index in [-0.39, 0.29) is 0 Å². The van der Waals surface area contributed by atoms with Crippen LogP contribution in [0.3, 0.4) is 0 Å². The average molecular weight is 328 g/mol. The Labute approximate surface area is 126 Å². The lowest BCUT2D eigenvalue weighted by Crippen LogP contribution is -2.28. The molecule has 10 heteroatoms. The van der Waals surface area contributed by atoms with E-state index in [4.69, 9.17) is 0 Å². The second-order valence-corrected chi connectivity index (χ2v) is 7.66. The van der Waals surface area contributed by atoms with Gasteiger partial charge < -0.3 is 5.32 Å². The first-order valence-corrected chi connectivity index (χ1v) is 8.98. The highest BCUT2D eigenvalue weighted by Crippen LogP contribution is 2.25. The van der Waals surface area contributed by atoms with Crippen LogP contribution in [0, 0.1) is 0 Å². The molecule has 0 bridgehead atoms. The van der Waals surface area contributed by atoms with Gasteiger partial charge in [0, 0.05) is 17.5 Å². The van der Waals surface area contributed by atoms with Crippen LogP contribution < -0.4 is 10.0 Å². The Balaban J connectivity index is 1.73. The van der Waals surface area contributed by atoms with E-state index >= 15 is 0 Å². The summed E-state index contributed by atoms with van der Waals surface area (Å²) in [6.45, 7) is 2.26. The van der Waals surface area contributed by atoms with Crippen LogP contribution in [0.4, 0.5) is 0 Å². The van der Waals surface area contributed by atoms with Crippen LogP contribution in [-0.4, -0.2) is 35.1 Å². The highest BCUT2D eigenvalue weighted by atomic mass is 32.2. The molecular formula is C11H16N6O2S2. The number of rotatable bonds is 7. The van der Waals surface area contributed by atoms with Gasteiger partial charge in [-0.15, -0.1) is 21.5 Å². The molecule has 2 aromatic rings. The van der Waals surface area contributed by atoms with Gasteiger partial charge in [0.2, 0.25) is 10.0 Å². The summed E-state index contributed by atoms with van der Waals surface area (Å²) in [6.07, 6.45) is 2.33. The van der Waals surface area contributed by atoms with Crippen LogP contribution in [0.1, 0.15) is 36.5 Å². The Kier molecular flexibility index (Phi) is 4.02. The van der Waals surface area contributed by atoms with Gasteiger partial charge in [-0.3, -0.25) is 0 Å². The molecule has 0 aromatic carbocycles. The highest BCUT2D eigenvalue weighted by molar-refractivity contribution is 7.89. The van der Waals surface area contributed by atoms with Crippen LogP contribution in [-0.2, 0) is 16.6 Å². The molecule has 3 N–H and O–H groups in total. The number of thiophene rings is 1. The van der Waals surface area contributed by atoms with Gasteiger partial charge in [0.25, 0.3) is 0 Å². The van der Waals surface area contributed by atoms with E-state index < -0.39 is 16.1 Å². The number of nitrogens with one attached hydrogen (secondary N) is 3. The van der Waals surface area contributed by atoms with Gasteiger partial charge in [-0.1, -0.05) is 5.21 Å². The Morgan fingerprint density at radius 2 is 2.33 bits per heavy atom. The van der Waals surface area contributed by atoms with Crippen LogP contribution in [0.15, 0.2) is 16.3 Å². The minimum Gasteiger partial charge on any atom is -0.309 e. The molecule has 2 aromatic heterocycles. The Morgan fingerprint density at radius 1 is 1.52 bits per heavy atom. The number of sulfonamides is 1. The van der Waals surface area contributed by atoms with E-state index in [0.717, 1.165) is 4.88 Å². The third kappa shape index (κ3) is 3.46. The van der Waals surface area contributed by atoms with Gasteiger partial charge in [0.1, 0.15) is 0 Å². The lowest BCUT2D eigenvalue weighted by atomic mass is 10.4. The van der Waals surface area contributed by atoms with Gasteiger partial charge in [0.05, 0.1) is 10.9 Å². The van der Waals surface area contributed by atoms with Gasteiger partial charge in [-0.05, 0) is 31.2 Å². The van der Waals surface area contributed by atoms with E-state index in [1.165, 1.54) is 24.2 Å². The van der Waals surface area contributed by atoms with Gasteiger partial charge in [-0.2, -0.15) is 5.21 Å². The van der Waals surface area contributed by atoms with E-state index in [9.17, 15) is 8.42 Å². The zero-order chi connectivity index (χ0) is 14.9. The minimum absolute atomic E-state index is 0.312. The van der Waals surface area contributed by atoms with Crippen molar-refractivity contribution in [1.82, 2.24) is 30.7 Å². The van der Waals surface area contributed by atoms with Crippen LogP contribution in [0.2, 0.25) is 0 Å². The molecule has 8 nitrogen and oxygen atoms in total. The van der Waals surface area contributed by atoms with Crippen molar-refractivity contribution in [2.75, 3.05) is 0 Å². The highest BCUT2D eigenvalue weighted by Gasteiger charge is 2.26. The number of H-pyrrole nitrogens is 1.